The number of aliphatic imine (C=N–C) groups is 1. The Morgan fingerprint density at radius 2 is 1.91 bits per heavy atom. The van der Waals surface area contributed by atoms with Gasteiger partial charge in [0.2, 0.25) is 11.7 Å². The van der Waals surface area contributed by atoms with Crippen LogP contribution in [0.5, 0.6) is 11.5 Å². The Balaban J connectivity index is 1.63. The first kappa shape index (κ1) is 22.8. The Hall–Kier alpha value is -4.02. The van der Waals surface area contributed by atoms with Gasteiger partial charge in [0.05, 0.1) is 24.3 Å². The summed E-state index contributed by atoms with van der Waals surface area (Å²) >= 11 is 0. The van der Waals surface area contributed by atoms with E-state index in [1.54, 1.807) is 20.2 Å². The lowest BCUT2D eigenvalue weighted by Crippen LogP contribution is -2.32. The van der Waals surface area contributed by atoms with Gasteiger partial charge in [0.25, 0.3) is 0 Å². The van der Waals surface area contributed by atoms with Gasteiger partial charge in [-0.2, -0.15) is 5.26 Å². The van der Waals surface area contributed by atoms with Gasteiger partial charge >= 0.3 is 0 Å². The molecule has 7 heteroatoms. The smallest absolute Gasteiger partial charge is 0.218 e. The number of guanidine groups is 1. The van der Waals surface area contributed by atoms with Gasteiger partial charge in [0.1, 0.15) is 18.1 Å². The molecule has 1 atom stereocenters. The molecule has 0 bridgehead atoms. The Morgan fingerprint density at radius 3 is 2.69 bits per heavy atom. The fourth-order valence-electron chi connectivity index (χ4n) is 4.85. The summed E-state index contributed by atoms with van der Waals surface area (Å²) in [5.41, 5.74) is 10.8. The molecule has 0 saturated heterocycles. The molecule has 0 aromatic heterocycles. The second-order valence-corrected chi connectivity index (χ2v) is 8.84. The van der Waals surface area contributed by atoms with E-state index in [-0.39, 0.29) is 0 Å². The lowest BCUT2D eigenvalue weighted by molar-refractivity contribution is -0.177. The van der Waals surface area contributed by atoms with Crippen molar-refractivity contribution in [3.8, 4) is 28.7 Å². The van der Waals surface area contributed by atoms with E-state index in [2.05, 4.69) is 12.1 Å². The summed E-state index contributed by atoms with van der Waals surface area (Å²) in [6, 6.07) is 21.8. The van der Waals surface area contributed by atoms with Crippen LogP contribution in [0.15, 0.2) is 65.7 Å². The van der Waals surface area contributed by atoms with Crippen molar-refractivity contribution in [1.82, 2.24) is 5.06 Å². The van der Waals surface area contributed by atoms with Crippen molar-refractivity contribution in [3.63, 3.8) is 0 Å². The molecule has 0 saturated carbocycles. The number of benzene rings is 3. The largest absolute Gasteiger partial charge is 0.496 e. The van der Waals surface area contributed by atoms with Crippen LogP contribution in [0, 0.1) is 11.3 Å². The molecule has 2 aliphatic rings. The van der Waals surface area contributed by atoms with Crippen molar-refractivity contribution < 1.29 is 14.3 Å². The topological polar surface area (TPSA) is 93.1 Å². The van der Waals surface area contributed by atoms with Crippen molar-refractivity contribution in [2.45, 2.75) is 38.0 Å². The molecule has 3 aromatic carbocycles. The number of hydrogen-bond acceptors (Lipinski definition) is 7. The first-order valence-electron chi connectivity index (χ1n) is 11.7. The van der Waals surface area contributed by atoms with Crippen LogP contribution in [0.1, 0.15) is 41.5 Å². The summed E-state index contributed by atoms with van der Waals surface area (Å²) < 4.78 is 12.1. The van der Waals surface area contributed by atoms with Crippen LogP contribution in [0.25, 0.3) is 11.1 Å². The number of ether oxygens (including phenoxy) is 2. The molecule has 2 heterocycles. The highest BCUT2D eigenvalue weighted by Crippen LogP contribution is 2.44. The van der Waals surface area contributed by atoms with Gasteiger partial charge in [-0.1, -0.05) is 30.3 Å². The maximum atomic E-state index is 9.36. The van der Waals surface area contributed by atoms with Gasteiger partial charge in [-0.3, -0.25) is 0 Å². The zero-order valence-electron chi connectivity index (χ0n) is 20.0. The lowest BCUT2D eigenvalue weighted by Gasteiger charge is -2.28. The van der Waals surface area contributed by atoms with Crippen molar-refractivity contribution >= 4 is 5.96 Å². The van der Waals surface area contributed by atoms with Crippen molar-refractivity contribution in [1.29, 1.82) is 5.26 Å². The minimum absolute atomic E-state index is 0.327. The van der Waals surface area contributed by atoms with Crippen LogP contribution in [-0.2, 0) is 23.6 Å². The zero-order chi connectivity index (χ0) is 24.4. The third kappa shape index (κ3) is 4.29. The maximum absolute atomic E-state index is 9.36. The summed E-state index contributed by atoms with van der Waals surface area (Å²) in [6.45, 7) is 0.397. The van der Waals surface area contributed by atoms with Crippen LogP contribution in [0.2, 0.25) is 0 Å². The number of methoxy groups -OCH3 is 1. The van der Waals surface area contributed by atoms with E-state index in [9.17, 15) is 5.26 Å². The van der Waals surface area contributed by atoms with Crippen LogP contribution in [0.4, 0.5) is 0 Å². The highest BCUT2D eigenvalue weighted by Gasteiger charge is 2.43. The normalized spacial score (nSPS) is 19.6. The summed E-state index contributed by atoms with van der Waals surface area (Å²) in [6.07, 6.45) is 3.32. The standard InChI is InChI=1S/C28H28N4O3/c1-32-27(30)31-28(35-32)14-4-3-10-23-22(9-6-11-25(23)33-2)18-34-26-13-12-21(16-24(26)28)20-8-5-7-19(15-20)17-29/h5-9,11-13,15-16H,3-4,10,14,18H2,1-2H3,(H2,30,31). The summed E-state index contributed by atoms with van der Waals surface area (Å²) in [4.78, 5) is 11.1. The van der Waals surface area contributed by atoms with Crippen molar-refractivity contribution in [2.24, 2.45) is 10.7 Å². The molecule has 2 N–H and O–H groups in total. The Morgan fingerprint density at radius 1 is 1.09 bits per heavy atom. The Kier molecular flexibility index (Phi) is 6.06. The SMILES string of the molecule is COc1cccc2c1CCCCC1(N=C(N)N(C)O1)c1cc(-c3cccc(C#N)c3)ccc1OC2. The Bertz CT molecular complexity index is 1330. The van der Waals surface area contributed by atoms with Crippen molar-refractivity contribution in [2.75, 3.05) is 14.2 Å². The highest BCUT2D eigenvalue weighted by molar-refractivity contribution is 5.79. The molecule has 0 amide bonds. The summed E-state index contributed by atoms with van der Waals surface area (Å²) in [5, 5.41) is 10.9. The van der Waals surface area contributed by atoms with E-state index >= 15 is 0 Å². The van der Waals surface area contributed by atoms with E-state index < -0.39 is 5.72 Å². The number of fused-ring (bicyclic) bond motifs is 3. The van der Waals surface area contributed by atoms with Crippen molar-refractivity contribution in [3.05, 3.63) is 82.9 Å². The van der Waals surface area contributed by atoms with Crippen LogP contribution in [-0.4, -0.2) is 25.2 Å². The van der Waals surface area contributed by atoms with Gasteiger partial charge < -0.3 is 15.2 Å². The first-order valence-corrected chi connectivity index (χ1v) is 11.7. The summed E-state index contributed by atoms with van der Waals surface area (Å²) in [7, 11) is 3.47. The monoisotopic (exact) mass is 468 g/mol. The molecule has 35 heavy (non-hydrogen) atoms. The number of rotatable bonds is 2. The van der Waals surface area contributed by atoms with Gasteiger partial charge in [0, 0.05) is 19.0 Å². The fraction of sp³-hybridized carbons (Fsp3) is 0.286. The van der Waals surface area contributed by atoms with E-state index in [1.165, 1.54) is 10.6 Å². The van der Waals surface area contributed by atoms with Crippen LogP contribution >= 0.6 is 0 Å². The number of hydrogen-bond donors (Lipinski definition) is 1. The molecule has 5 rings (SSSR count). The molecule has 0 radical (unpaired) electrons. The molecule has 7 nitrogen and oxygen atoms in total. The predicted molar refractivity (Wildman–Crippen MR) is 134 cm³/mol. The van der Waals surface area contributed by atoms with E-state index in [4.69, 9.17) is 25.0 Å². The zero-order valence-corrected chi connectivity index (χ0v) is 20.0. The van der Waals surface area contributed by atoms with Gasteiger partial charge in [-0.05, 0) is 66.3 Å². The minimum Gasteiger partial charge on any atom is -0.496 e. The van der Waals surface area contributed by atoms with Gasteiger partial charge in [-0.25, -0.2) is 14.9 Å². The maximum Gasteiger partial charge on any atom is 0.218 e. The molecule has 1 unspecified atom stereocenters. The van der Waals surface area contributed by atoms with Crippen LogP contribution < -0.4 is 15.2 Å². The predicted octanol–water partition coefficient (Wildman–Crippen LogP) is 4.88. The molecule has 1 spiro atoms. The second kappa shape index (κ2) is 9.32. The molecule has 178 valence electrons. The number of nitrogens with two attached hydrogens (primary N) is 1. The third-order valence-electron chi connectivity index (χ3n) is 6.66. The average Bonchev–Trinajstić information content (AvgIpc) is 3.17. The second-order valence-electron chi connectivity index (χ2n) is 8.84. The Labute approximate surface area is 205 Å². The fourth-order valence-corrected chi connectivity index (χ4v) is 4.85. The summed E-state index contributed by atoms with van der Waals surface area (Å²) in [5.74, 6) is 1.90. The van der Waals surface area contributed by atoms with E-state index in [1.807, 2.05) is 48.5 Å². The molecular weight excluding hydrogens is 440 g/mol. The van der Waals surface area contributed by atoms with Crippen LogP contribution in [0.3, 0.4) is 0 Å². The van der Waals surface area contributed by atoms with E-state index in [0.717, 1.165) is 47.3 Å². The molecule has 0 fully saturated rings. The number of hydroxylamine groups is 2. The quantitative estimate of drug-likeness (QED) is 0.576. The lowest BCUT2D eigenvalue weighted by atomic mass is 9.92. The number of nitriles is 1. The number of nitrogens with zero attached hydrogens (tertiary/aromatic N) is 3. The van der Waals surface area contributed by atoms with Gasteiger partial charge in [-0.15, -0.1) is 0 Å². The molecular formula is C28H28N4O3. The molecule has 2 aliphatic heterocycles. The third-order valence-corrected chi connectivity index (χ3v) is 6.66. The first-order chi connectivity index (χ1) is 17.0. The minimum atomic E-state index is -0.988. The average molecular weight is 469 g/mol. The van der Waals surface area contributed by atoms with E-state index in [0.29, 0.717) is 30.3 Å². The highest BCUT2D eigenvalue weighted by atomic mass is 16.7. The van der Waals surface area contributed by atoms with Gasteiger partial charge in [0.15, 0.2) is 0 Å². The molecule has 3 aromatic rings. The molecule has 0 aliphatic carbocycles.